The average molecular weight is 260 g/mol. The molecule has 0 spiro atoms. The van der Waals surface area contributed by atoms with Gasteiger partial charge in [-0.3, -0.25) is 4.79 Å². The zero-order valence-corrected chi connectivity index (χ0v) is 9.01. The normalized spacial score (nSPS) is 10.8. The van der Waals surface area contributed by atoms with Gasteiger partial charge in [0.25, 0.3) is 0 Å². The van der Waals surface area contributed by atoms with Crippen molar-refractivity contribution >= 4 is 11.6 Å². The van der Waals surface area contributed by atoms with Gasteiger partial charge in [0, 0.05) is 6.42 Å². The number of alkyl halides is 3. The molecular weight excluding hydrogens is 252 g/mol. The van der Waals surface area contributed by atoms with E-state index in [1.54, 1.807) is 6.07 Å². The van der Waals surface area contributed by atoms with Crippen LogP contribution in [0.4, 0.5) is 23.2 Å². The molecule has 0 unspecified atom stereocenters. The Balaban J connectivity index is 2.68. The van der Waals surface area contributed by atoms with Gasteiger partial charge < -0.3 is 5.32 Å². The second kappa shape index (κ2) is 5.49. The Morgan fingerprint density at radius 2 is 2.06 bits per heavy atom. The highest BCUT2D eigenvalue weighted by Crippen LogP contribution is 2.22. The van der Waals surface area contributed by atoms with Crippen LogP contribution in [0.15, 0.2) is 18.2 Å². The maximum absolute atomic E-state index is 12.8. The molecule has 0 heterocycles. The number of amides is 1. The highest BCUT2D eigenvalue weighted by atomic mass is 19.4. The minimum Gasteiger partial charge on any atom is -0.325 e. The summed E-state index contributed by atoms with van der Waals surface area (Å²) in [6.07, 6.45) is -6.41. The highest BCUT2D eigenvalue weighted by Gasteiger charge is 2.27. The lowest BCUT2D eigenvalue weighted by Crippen LogP contribution is -2.17. The third-order valence-corrected chi connectivity index (χ3v) is 2.01. The van der Waals surface area contributed by atoms with Gasteiger partial charge in [-0.15, -0.1) is 0 Å². The molecule has 0 bridgehead atoms. The lowest BCUT2D eigenvalue weighted by Gasteiger charge is -2.08. The zero-order valence-electron chi connectivity index (χ0n) is 9.01. The van der Waals surface area contributed by atoms with Crippen LogP contribution < -0.4 is 5.32 Å². The van der Waals surface area contributed by atoms with Crippen molar-refractivity contribution in [2.75, 3.05) is 5.32 Å². The van der Waals surface area contributed by atoms with E-state index >= 15 is 0 Å². The SMILES string of the molecule is N#Cc1cc(F)ccc1NC(=O)CCC(F)(F)F. The third kappa shape index (κ3) is 4.41. The predicted molar refractivity (Wildman–Crippen MR) is 55.0 cm³/mol. The summed E-state index contributed by atoms with van der Waals surface area (Å²) in [5.74, 6) is -1.55. The molecule has 0 saturated carbocycles. The molecule has 1 amide bonds. The Morgan fingerprint density at radius 3 is 2.61 bits per heavy atom. The van der Waals surface area contributed by atoms with Crippen LogP contribution in [0.1, 0.15) is 18.4 Å². The first-order valence-corrected chi connectivity index (χ1v) is 4.88. The maximum atomic E-state index is 12.8. The van der Waals surface area contributed by atoms with Gasteiger partial charge in [0.1, 0.15) is 11.9 Å². The molecule has 18 heavy (non-hydrogen) atoms. The van der Waals surface area contributed by atoms with E-state index in [2.05, 4.69) is 5.32 Å². The molecule has 0 aromatic heterocycles. The number of nitrogens with zero attached hydrogens (tertiary/aromatic N) is 1. The molecule has 1 N–H and O–H groups in total. The Labute approximate surface area is 100 Å². The molecule has 1 aromatic carbocycles. The molecule has 0 atom stereocenters. The first kappa shape index (κ1) is 14.0. The summed E-state index contributed by atoms with van der Waals surface area (Å²) in [4.78, 5) is 11.2. The lowest BCUT2D eigenvalue weighted by molar-refractivity contribution is -0.142. The van der Waals surface area contributed by atoms with Crippen molar-refractivity contribution in [3.05, 3.63) is 29.6 Å². The fraction of sp³-hybridized carbons (Fsp3) is 0.273. The number of rotatable bonds is 3. The van der Waals surface area contributed by atoms with E-state index in [1.165, 1.54) is 0 Å². The van der Waals surface area contributed by atoms with E-state index in [-0.39, 0.29) is 11.3 Å². The van der Waals surface area contributed by atoms with E-state index < -0.39 is 30.7 Å². The number of carbonyl (C=O) groups is 1. The number of carbonyl (C=O) groups excluding carboxylic acids is 1. The molecule has 0 saturated heterocycles. The Kier molecular flexibility index (Phi) is 4.26. The topological polar surface area (TPSA) is 52.9 Å². The molecule has 1 rings (SSSR count). The van der Waals surface area contributed by atoms with Gasteiger partial charge >= 0.3 is 6.18 Å². The standard InChI is InChI=1S/C11H8F4N2O/c12-8-1-2-9(7(5-8)6-16)17-10(18)3-4-11(13,14)15/h1-2,5H,3-4H2,(H,17,18). The Morgan fingerprint density at radius 1 is 1.39 bits per heavy atom. The van der Waals surface area contributed by atoms with Crippen molar-refractivity contribution < 1.29 is 22.4 Å². The smallest absolute Gasteiger partial charge is 0.325 e. The predicted octanol–water partition coefficient (Wildman–Crippen LogP) is 2.98. The summed E-state index contributed by atoms with van der Waals surface area (Å²) in [6.45, 7) is 0. The number of hydrogen-bond donors (Lipinski definition) is 1. The van der Waals surface area contributed by atoms with E-state index in [1.807, 2.05) is 0 Å². The van der Waals surface area contributed by atoms with Crippen LogP contribution in [0.5, 0.6) is 0 Å². The summed E-state index contributed by atoms with van der Waals surface area (Å²) >= 11 is 0. The van der Waals surface area contributed by atoms with Crippen molar-refractivity contribution in [2.45, 2.75) is 19.0 Å². The molecule has 0 fully saturated rings. The van der Waals surface area contributed by atoms with Crippen molar-refractivity contribution in [3.8, 4) is 6.07 Å². The zero-order chi connectivity index (χ0) is 13.8. The second-order valence-electron chi connectivity index (χ2n) is 3.47. The summed E-state index contributed by atoms with van der Waals surface area (Å²) < 4.78 is 48.4. The number of nitriles is 1. The molecule has 96 valence electrons. The molecule has 0 aliphatic heterocycles. The van der Waals surface area contributed by atoms with Crippen LogP contribution in [-0.4, -0.2) is 12.1 Å². The van der Waals surface area contributed by atoms with Crippen LogP contribution in [-0.2, 0) is 4.79 Å². The van der Waals surface area contributed by atoms with Crippen LogP contribution in [0.3, 0.4) is 0 Å². The molecule has 1 aromatic rings. The largest absolute Gasteiger partial charge is 0.389 e. The maximum Gasteiger partial charge on any atom is 0.389 e. The first-order chi connectivity index (χ1) is 8.31. The molecule has 3 nitrogen and oxygen atoms in total. The molecule has 0 aliphatic rings. The molecule has 0 aliphatic carbocycles. The van der Waals surface area contributed by atoms with Gasteiger partial charge in [-0.25, -0.2) is 4.39 Å². The van der Waals surface area contributed by atoms with Crippen molar-refractivity contribution in [1.29, 1.82) is 5.26 Å². The summed E-state index contributed by atoms with van der Waals surface area (Å²) in [6, 6.07) is 4.65. The van der Waals surface area contributed by atoms with Gasteiger partial charge in [-0.05, 0) is 18.2 Å². The molecule has 0 radical (unpaired) electrons. The number of nitrogens with one attached hydrogen (secondary N) is 1. The molecule has 7 heteroatoms. The minimum absolute atomic E-state index is 0.00826. The molecular formula is C11H8F4N2O. The average Bonchev–Trinajstić information content (AvgIpc) is 2.28. The van der Waals surface area contributed by atoms with E-state index in [0.717, 1.165) is 18.2 Å². The number of hydrogen-bond acceptors (Lipinski definition) is 2. The van der Waals surface area contributed by atoms with E-state index in [0.29, 0.717) is 0 Å². The number of halogens is 4. The van der Waals surface area contributed by atoms with Gasteiger partial charge in [-0.1, -0.05) is 0 Å². The van der Waals surface area contributed by atoms with Crippen LogP contribution >= 0.6 is 0 Å². The lowest BCUT2D eigenvalue weighted by atomic mass is 10.2. The quantitative estimate of drug-likeness (QED) is 0.849. The van der Waals surface area contributed by atoms with Gasteiger partial charge in [-0.2, -0.15) is 18.4 Å². The fourth-order valence-electron chi connectivity index (χ4n) is 1.19. The minimum atomic E-state index is -4.42. The van der Waals surface area contributed by atoms with Crippen molar-refractivity contribution in [2.24, 2.45) is 0 Å². The monoisotopic (exact) mass is 260 g/mol. The van der Waals surface area contributed by atoms with Crippen molar-refractivity contribution in [1.82, 2.24) is 0 Å². The summed E-state index contributed by atoms with van der Waals surface area (Å²) in [5, 5.41) is 10.8. The van der Waals surface area contributed by atoms with Crippen LogP contribution in [0, 0.1) is 17.1 Å². The Hall–Kier alpha value is -2.10. The number of anilines is 1. The highest BCUT2D eigenvalue weighted by molar-refractivity contribution is 5.92. The fourth-order valence-corrected chi connectivity index (χ4v) is 1.19. The Bertz CT molecular complexity index is 491. The number of benzene rings is 1. The van der Waals surface area contributed by atoms with Crippen LogP contribution in [0.2, 0.25) is 0 Å². The third-order valence-electron chi connectivity index (χ3n) is 2.01. The van der Waals surface area contributed by atoms with Gasteiger partial charge in [0.05, 0.1) is 17.7 Å². The first-order valence-electron chi connectivity index (χ1n) is 4.88. The summed E-state index contributed by atoms with van der Waals surface area (Å²) in [7, 11) is 0. The van der Waals surface area contributed by atoms with E-state index in [9.17, 15) is 22.4 Å². The van der Waals surface area contributed by atoms with Gasteiger partial charge in [0.2, 0.25) is 5.91 Å². The second-order valence-corrected chi connectivity index (χ2v) is 3.47. The van der Waals surface area contributed by atoms with Gasteiger partial charge in [0.15, 0.2) is 0 Å². The van der Waals surface area contributed by atoms with Crippen molar-refractivity contribution in [3.63, 3.8) is 0 Å². The van der Waals surface area contributed by atoms with E-state index in [4.69, 9.17) is 5.26 Å². The summed E-state index contributed by atoms with van der Waals surface area (Å²) in [5.41, 5.74) is -0.151. The van der Waals surface area contributed by atoms with Crippen LogP contribution in [0.25, 0.3) is 0 Å².